The second-order valence-corrected chi connectivity index (χ2v) is 4.82. The average molecular weight is 274 g/mol. The molecule has 1 aromatic heterocycles. The highest BCUT2D eigenvalue weighted by Crippen LogP contribution is 2.27. The minimum atomic E-state index is -1.03. The van der Waals surface area contributed by atoms with Gasteiger partial charge in [-0.1, -0.05) is 13.0 Å². The molecule has 0 saturated carbocycles. The van der Waals surface area contributed by atoms with Crippen molar-refractivity contribution in [2.75, 3.05) is 5.75 Å². The number of hydrogen-bond donors (Lipinski definition) is 1. The third kappa shape index (κ3) is 2.58. The third-order valence-electron chi connectivity index (χ3n) is 2.36. The van der Waals surface area contributed by atoms with E-state index in [4.69, 9.17) is 5.26 Å². The van der Waals surface area contributed by atoms with E-state index in [1.807, 2.05) is 13.0 Å². The van der Waals surface area contributed by atoms with E-state index in [-0.39, 0.29) is 11.4 Å². The second-order valence-electron chi connectivity index (χ2n) is 3.51. The van der Waals surface area contributed by atoms with E-state index in [1.54, 1.807) is 18.2 Å². The number of benzene rings is 1. The maximum absolute atomic E-state index is 11.4. The molecule has 7 heteroatoms. The van der Waals surface area contributed by atoms with Crippen LogP contribution in [0.5, 0.6) is 0 Å². The SMILES string of the molecule is CCSc1cccc(-n2cnc(C#N)n2)c1C(=O)O. The van der Waals surface area contributed by atoms with Crippen LogP contribution in [0.4, 0.5) is 0 Å². The zero-order valence-electron chi connectivity index (χ0n) is 10.1. The Morgan fingerprint density at radius 1 is 1.58 bits per heavy atom. The molecule has 0 fully saturated rings. The number of thioether (sulfide) groups is 1. The summed E-state index contributed by atoms with van der Waals surface area (Å²) in [6.07, 6.45) is 1.33. The van der Waals surface area contributed by atoms with Crippen LogP contribution < -0.4 is 0 Å². The molecule has 0 amide bonds. The predicted octanol–water partition coefficient (Wildman–Crippen LogP) is 1.95. The summed E-state index contributed by atoms with van der Waals surface area (Å²) in [5.41, 5.74) is 0.573. The molecule has 1 N–H and O–H groups in total. The van der Waals surface area contributed by atoms with E-state index in [1.165, 1.54) is 22.8 Å². The third-order valence-corrected chi connectivity index (χ3v) is 3.30. The Kier molecular flexibility index (Phi) is 3.82. The standard InChI is InChI=1S/C12H10N4O2S/c1-2-19-9-5-3-4-8(11(9)12(17)18)16-7-14-10(6-13)15-16/h3-5,7H,2H2,1H3,(H,17,18). The van der Waals surface area contributed by atoms with Gasteiger partial charge in [0.25, 0.3) is 5.82 Å². The summed E-state index contributed by atoms with van der Waals surface area (Å²) < 4.78 is 1.31. The molecule has 96 valence electrons. The quantitative estimate of drug-likeness (QED) is 0.857. The molecular weight excluding hydrogens is 264 g/mol. The first kappa shape index (κ1) is 13.1. The number of carboxylic acid groups (broad SMARTS) is 1. The van der Waals surface area contributed by atoms with Crippen molar-refractivity contribution in [1.82, 2.24) is 14.8 Å². The summed E-state index contributed by atoms with van der Waals surface area (Å²) in [6.45, 7) is 1.95. The van der Waals surface area contributed by atoms with Gasteiger partial charge >= 0.3 is 5.97 Å². The molecule has 0 aliphatic rings. The number of carboxylic acids is 1. The van der Waals surface area contributed by atoms with Gasteiger partial charge in [0.15, 0.2) is 0 Å². The van der Waals surface area contributed by atoms with Crippen molar-refractivity contribution in [2.45, 2.75) is 11.8 Å². The van der Waals surface area contributed by atoms with Crippen molar-refractivity contribution in [3.8, 4) is 11.8 Å². The zero-order chi connectivity index (χ0) is 13.8. The second kappa shape index (κ2) is 5.54. The molecule has 0 unspecified atom stereocenters. The average Bonchev–Trinajstić information content (AvgIpc) is 2.87. The smallest absolute Gasteiger partial charge is 0.339 e. The summed E-state index contributed by atoms with van der Waals surface area (Å²) in [7, 11) is 0. The van der Waals surface area contributed by atoms with E-state index in [0.29, 0.717) is 10.6 Å². The Bertz CT molecular complexity index is 660. The molecule has 0 spiro atoms. The molecule has 2 aromatic rings. The molecule has 0 aliphatic heterocycles. The monoisotopic (exact) mass is 274 g/mol. The van der Waals surface area contributed by atoms with Gasteiger partial charge in [-0.3, -0.25) is 0 Å². The maximum Gasteiger partial charge on any atom is 0.339 e. The summed E-state index contributed by atoms with van der Waals surface area (Å²) in [5.74, 6) is -0.254. The maximum atomic E-state index is 11.4. The van der Waals surface area contributed by atoms with E-state index < -0.39 is 5.97 Å². The molecular formula is C12H10N4O2S. The lowest BCUT2D eigenvalue weighted by molar-refractivity contribution is 0.0693. The highest BCUT2D eigenvalue weighted by molar-refractivity contribution is 7.99. The molecule has 0 radical (unpaired) electrons. The lowest BCUT2D eigenvalue weighted by Crippen LogP contribution is -2.08. The minimum absolute atomic E-state index is 0.00452. The van der Waals surface area contributed by atoms with Crippen molar-refractivity contribution in [3.05, 3.63) is 35.9 Å². The lowest BCUT2D eigenvalue weighted by Gasteiger charge is -2.09. The van der Waals surface area contributed by atoms with Gasteiger partial charge in [0.05, 0.1) is 11.3 Å². The summed E-state index contributed by atoms with van der Waals surface area (Å²) in [5, 5.41) is 22.0. The summed E-state index contributed by atoms with van der Waals surface area (Å²) in [4.78, 5) is 15.9. The van der Waals surface area contributed by atoms with Crippen LogP contribution >= 0.6 is 11.8 Å². The molecule has 0 saturated heterocycles. The number of nitrogens with zero attached hydrogens (tertiary/aromatic N) is 4. The summed E-state index contributed by atoms with van der Waals surface area (Å²) in [6, 6.07) is 6.96. The molecule has 0 atom stereocenters. The molecule has 1 aromatic carbocycles. The Morgan fingerprint density at radius 3 is 2.95 bits per heavy atom. The van der Waals surface area contributed by atoms with Crippen LogP contribution in [0.15, 0.2) is 29.4 Å². The fraction of sp³-hybridized carbons (Fsp3) is 0.167. The number of aromatic nitrogens is 3. The molecule has 0 bridgehead atoms. The van der Waals surface area contributed by atoms with Gasteiger partial charge < -0.3 is 5.11 Å². The predicted molar refractivity (Wildman–Crippen MR) is 69.4 cm³/mol. The van der Waals surface area contributed by atoms with Gasteiger partial charge in [0.2, 0.25) is 0 Å². The van der Waals surface area contributed by atoms with Crippen molar-refractivity contribution < 1.29 is 9.90 Å². The summed E-state index contributed by atoms with van der Waals surface area (Å²) >= 11 is 1.44. The number of carbonyl (C=O) groups is 1. The fourth-order valence-corrected chi connectivity index (χ4v) is 2.45. The minimum Gasteiger partial charge on any atom is -0.478 e. The van der Waals surface area contributed by atoms with Gasteiger partial charge in [-0.15, -0.1) is 16.9 Å². The van der Waals surface area contributed by atoms with Crippen LogP contribution in [0, 0.1) is 11.3 Å². The molecule has 2 rings (SSSR count). The van der Waals surface area contributed by atoms with E-state index in [9.17, 15) is 9.90 Å². The van der Waals surface area contributed by atoms with Crippen LogP contribution in [-0.4, -0.2) is 31.6 Å². The Labute approximate surface area is 113 Å². The van der Waals surface area contributed by atoms with Crippen LogP contribution in [0.3, 0.4) is 0 Å². The Morgan fingerprint density at radius 2 is 2.37 bits per heavy atom. The van der Waals surface area contributed by atoms with Crippen molar-refractivity contribution in [1.29, 1.82) is 5.26 Å². The molecule has 6 nitrogen and oxygen atoms in total. The van der Waals surface area contributed by atoms with Crippen LogP contribution in [0.25, 0.3) is 5.69 Å². The first-order valence-electron chi connectivity index (χ1n) is 5.48. The highest BCUT2D eigenvalue weighted by atomic mass is 32.2. The topological polar surface area (TPSA) is 91.8 Å². The van der Waals surface area contributed by atoms with Crippen LogP contribution in [-0.2, 0) is 0 Å². The largest absolute Gasteiger partial charge is 0.478 e. The molecule has 0 aliphatic carbocycles. The first-order chi connectivity index (χ1) is 9.17. The first-order valence-corrected chi connectivity index (χ1v) is 6.47. The normalized spacial score (nSPS) is 10.1. The lowest BCUT2D eigenvalue weighted by atomic mass is 10.2. The fourth-order valence-electron chi connectivity index (χ4n) is 1.63. The highest BCUT2D eigenvalue weighted by Gasteiger charge is 2.17. The van der Waals surface area contributed by atoms with Gasteiger partial charge in [0, 0.05) is 4.90 Å². The van der Waals surface area contributed by atoms with Gasteiger partial charge in [-0.25, -0.2) is 14.5 Å². The number of hydrogen-bond acceptors (Lipinski definition) is 5. The zero-order valence-corrected chi connectivity index (χ0v) is 10.9. The van der Waals surface area contributed by atoms with Crippen molar-refractivity contribution in [3.63, 3.8) is 0 Å². The Hall–Kier alpha value is -2.33. The van der Waals surface area contributed by atoms with E-state index >= 15 is 0 Å². The van der Waals surface area contributed by atoms with Gasteiger partial charge in [0.1, 0.15) is 12.4 Å². The number of rotatable bonds is 4. The van der Waals surface area contributed by atoms with Crippen LogP contribution in [0.1, 0.15) is 23.1 Å². The Balaban J connectivity index is 2.59. The van der Waals surface area contributed by atoms with Crippen molar-refractivity contribution >= 4 is 17.7 Å². The van der Waals surface area contributed by atoms with Gasteiger partial charge in [-0.2, -0.15) is 5.26 Å². The number of nitriles is 1. The van der Waals surface area contributed by atoms with Crippen LogP contribution in [0.2, 0.25) is 0 Å². The molecule has 19 heavy (non-hydrogen) atoms. The number of aromatic carboxylic acids is 1. The van der Waals surface area contributed by atoms with Gasteiger partial charge in [-0.05, 0) is 17.9 Å². The van der Waals surface area contributed by atoms with E-state index in [2.05, 4.69) is 10.1 Å². The van der Waals surface area contributed by atoms with E-state index in [0.717, 1.165) is 5.75 Å². The van der Waals surface area contributed by atoms with Crippen molar-refractivity contribution in [2.24, 2.45) is 0 Å². The molecule has 1 heterocycles.